The first kappa shape index (κ1) is 15.0. The second kappa shape index (κ2) is 6.86. The van der Waals surface area contributed by atoms with Gasteiger partial charge in [-0.2, -0.15) is 0 Å². The van der Waals surface area contributed by atoms with Crippen molar-refractivity contribution in [2.24, 2.45) is 0 Å². The molecule has 2 N–H and O–H groups in total. The minimum absolute atomic E-state index is 0.0234. The summed E-state index contributed by atoms with van der Waals surface area (Å²) in [6.07, 6.45) is 5.99. The average Bonchev–Trinajstić information content (AvgIpc) is 2.43. The molecule has 0 spiro atoms. The number of hydrogen-bond donors (Lipinski definition) is 2. The van der Waals surface area contributed by atoms with Crippen LogP contribution < -0.4 is 5.32 Å². The molecule has 2 rings (SSSR count). The zero-order chi connectivity index (χ0) is 14.5. The minimum atomic E-state index is -0.487. The van der Waals surface area contributed by atoms with Gasteiger partial charge in [0, 0.05) is 6.08 Å². The van der Waals surface area contributed by atoms with E-state index in [1.807, 2.05) is 0 Å². The largest absolute Gasteiger partial charge is 0.391 e. The van der Waals surface area contributed by atoms with Gasteiger partial charge in [0.15, 0.2) is 0 Å². The van der Waals surface area contributed by atoms with E-state index in [-0.39, 0.29) is 17.0 Å². The smallest absolute Gasteiger partial charge is 0.244 e. The van der Waals surface area contributed by atoms with Crippen molar-refractivity contribution >= 4 is 23.6 Å². The first-order valence-electron chi connectivity index (χ1n) is 6.68. The lowest BCUT2D eigenvalue weighted by atomic mass is 9.92. The molecule has 0 unspecified atom stereocenters. The van der Waals surface area contributed by atoms with Crippen LogP contribution >= 0.6 is 11.6 Å². The Labute approximate surface area is 122 Å². The van der Waals surface area contributed by atoms with Crippen LogP contribution in [0.25, 0.3) is 6.08 Å². The Bertz CT molecular complexity index is 519. The fourth-order valence-corrected chi connectivity index (χ4v) is 2.49. The van der Waals surface area contributed by atoms with Crippen molar-refractivity contribution in [1.82, 2.24) is 5.32 Å². The van der Waals surface area contributed by atoms with Crippen LogP contribution in [0.2, 0.25) is 5.02 Å². The number of hydrogen-bond acceptors (Lipinski definition) is 2. The van der Waals surface area contributed by atoms with E-state index in [1.54, 1.807) is 12.1 Å². The van der Waals surface area contributed by atoms with Gasteiger partial charge in [0.1, 0.15) is 5.82 Å². The maximum Gasteiger partial charge on any atom is 0.244 e. The SMILES string of the molecule is O=C(/C=C/c1ccc(F)c(Cl)c1)N[C@@H]1CCCC[C@H]1O. The summed E-state index contributed by atoms with van der Waals surface area (Å²) in [4.78, 5) is 11.8. The highest BCUT2D eigenvalue weighted by Crippen LogP contribution is 2.19. The maximum absolute atomic E-state index is 13.0. The molecule has 5 heteroatoms. The number of aliphatic hydroxyl groups excluding tert-OH is 1. The monoisotopic (exact) mass is 297 g/mol. The van der Waals surface area contributed by atoms with E-state index in [4.69, 9.17) is 11.6 Å². The van der Waals surface area contributed by atoms with E-state index >= 15 is 0 Å². The Balaban J connectivity index is 1.93. The molecule has 0 aliphatic heterocycles. The third kappa shape index (κ3) is 4.05. The Morgan fingerprint density at radius 2 is 2.15 bits per heavy atom. The highest BCUT2D eigenvalue weighted by Gasteiger charge is 2.23. The topological polar surface area (TPSA) is 49.3 Å². The summed E-state index contributed by atoms with van der Waals surface area (Å²) in [7, 11) is 0. The summed E-state index contributed by atoms with van der Waals surface area (Å²) >= 11 is 5.66. The molecule has 1 fully saturated rings. The van der Waals surface area contributed by atoms with E-state index < -0.39 is 11.9 Å². The second-order valence-corrected chi connectivity index (χ2v) is 5.38. The van der Waals surface area contributed by atoms with Gasteiger partial charge >= 0.3 is 0 Å². The van der Waals surface area contributed by atoms with E-state index in [0.717, 1.165) is 25.7 Å². The van der Waals surface area contributed by atoms with Gasteiger partial charge in [-0.3, -0.25) is 4.79 Å². The minimum Gasteiger partial charge on any atom is -0.391 e. The second-order valence-electron chi connectivity index (χ2n) is 4.97. The fourth-order valence-electron chi connectivity index (χ4n) is 2.30. The average molecular weight is 298 g/mol. The molecule has 2 atom stereocenters. The van der Waals surface area contributed by atoms with Crippen molar-refractivity contribution in [3.05, 3.63) is 40.7 Å². The number of halogens is 2. The van der Waals surface area contributed by atoms with Crippen LogP contribution in [0, 0.1) is 5.82 Å². The van der Waals surface area contributed by atoms with Crippen LogP contribution in [0.15, 0.2) is 24.3 Å². The van der Waals surface area contributed by atoms with Crippen LogP contribution in [0.1, 0.15) is 31.2 Å². The molecule has 1 amide bonds. The van der Waals surface area contributed by atoms with E-state index in [0.29, 0.717) is 5.56 Å². The van der Waals surface area contributed by atoms with Gasteiger partial charge in [-0.15, -0.1) is 0 Å². The summed E-state index contributed by atoms with van der Waals surface area (Å²) in [5.41, 5.74) is 0.649. The van der Waals surface area contributed by atoms with Gasteiger partial charge in [-0.1, -0.05) is 30.5 Å². The first-order chi connectivity index (χ1) is 9.56. The van der Waals surface area contributed by atoms with E-state index in [2.05, 4.69) is 5.32 Å². The molecule has 1 aromatic rings. The van der Waals surface area contributed by atoms with Gasteiger partial charge in [-0.25, -0.2) is 4.39 Å². The Hall–Kier alpha value is -1.39. The molecule has 1 aliphatic carbocycles. The Morgan fingerprint density at radius 3 is 2.85 bits per heavy atom. The maximum atomic E-state index is 13.0. The van der Waals surface area contributed by atoms with E-state index in [1.165, 1.54) is 18.2 Å². The van der Waals surface area contributed by atoms with Crippen molar-refractivity contribution in [2.45, 2.75) is 37.8 Å². The molecule has 0 saturated heterocycles. The lowest BCUT2D eigenvalue weighted by molar-refractivity contribution is -0.118. The lowest BCUT2D eigenvalue weighted by Gasteiger charge is -2.27. The summed E-state index contributed by atoms with van der Waals surface area (Å²) in [6.45, 7) is 0. The van der Waals surface area contributed by atoms with Crippen LogP contribution in [-0.2, 0) is 4.79 Å². The van der Waals surface area contributed by atoms with E-state index in [9.17, 15) is 14.3 Å². The van der Waals surface area contributed by atoms with Crippen LogP contribution in [0.4, 0.5) is 4.39 Å². The van der Waals surface area contributed by atoms with Crippen LogP contribution in [0.5, 0.6) is 0 Å². The van der Waals surface area contributed by atoms with Crippen LogP contribution in [-0.4, -0.2) is 23.2 Å². The highest BCUT2D eigenvalue weighted by molar-refractivity contribution is 6.30. The van der Waals surface area contributed by atoms with Gasteiger partial charge in [0.2, 0.25) is 5.91 Å². The third-order valence-corrected chi connectivity index (χ3v) is 3.72. The molecular formula is C15H17ClFNO2. The zero-order valence-electron chi connectivity index (χ0n) is 11.0. The van der Waals surface area contributed by atoms with Crippen molar-refractivity contribution < 1.29 is 14.3 Å². The number of aliphatic hydroxyl groups is 1. The van der Waals surface area contributed by atoms with Gasteiger partial charge in [0.25, 0.3) is 0 Å². The summed E-state index contributed by atoms with van der Waals surface area (Å²) < 4.78 is 13.0. The Morgan fingerprint density at radius 1 is 1.40 bits per heavy atom. The number of carbonyl (C=O) groups is 1. The van der Waals surface area contributed by atoms with Gasteiger partial charge in [0.05, 0.1) is 17.2 Å². The number of nitrogens with one attached hydrogen (secondary N) is 1. The molecule has 1 aliphatic rings. The quantitative estimate of drug-likeness (QED) is 0.843. The zero-order valence-corrected chi connectivity index (χ0v) is 11.7. The summed E-state index contributed by atoms with van der Waals surface area (Å²) in [5.74, 6) is -0.755. The molecule has 20 heavy (non-hydrogen) atoms. The fraction of sp³-hybridized carbons (Fsp3) is 0.400. The third-order valence-electron chi connectivity index (χ3n) is 3.43. The predicted molar refractivity (Wildman–Crippen MR) is 76.8 cm³/mol. The molecule has 0 bridgehead atoms. The normalized spacial score (nSPS) is 22.9. The number of amides is 1. The lowest BCUT2D eigenvalue weighted by Crippen LogP contribution is -2.44. The standard InChI is InChI=1S/C15H17ClFNO2/c16-11-9-10(5-7-12(11)17)6-8-15(20)18-13-3-1-2-4-14(13)19/h5-9,13-14,19H,1-4H2,(H,18,20)/b8-6+/t13-,14-/m1/s1. The number of benzene rings is 1. The number of rotatable bonds is 3. The first-order valence-corrected chi connectivity index (χ1v) is 7.06. The van der Waals surface area contributed by atoms with Crippen molar-refractivity contribution in [3.8, 4) is 0 Å². The summed E-state index contributed by atoms with van der Waals surface area (Å²) in [5, 5.41) is 12.6. The van der Waals surface area contributed by atoms with Crippen LogP contribution in [0.3, 0.4) is 0 Å². The molecule has 0 aromatic heterocycles. The molecular weight excluding hydrogens is 281 g/mol. The molecule has 0 radical (unpaired) electrons. The predicted octanol–water partition coefficient (Wildman–Crippen LogP) is 2.91. The van der Waals surface area contributed by atoms with Crippen molar-refractivity contribution in [1.29, 1.82) is 0 Å². The van der Waals surface area contributed by atoms with Crippen molar-refractivity contribution in [3.63, 3.8) is 0 Å². The number of carbonyl (C=O) groups excluding carboxylic acids is 1. The van der Waals surface area contributed by atoms with Gasteiger partial charge in [-0.05, 0) is 36.6 Å². The van der Waals surface area contributed by atoms with Gasteiger partial charge < -0.3 is 10.4 Å². The van der Waals surface area contributed by atoms with Crippen molar-refractivity contribution in [2.75, 3.05) is 0 Å². The summed E-state index contributed by atoms with van der Waals surface area (Å²) in [6, 6.07) is 4.07. The Kier molecular flexibility index (Phi) is 5.15. The molecule has 0 heterocycles. The molecule has 3 nitrogen and oxygen atoms in total. The highest BCUT2D eigenvalue weighted by atomic mass is 35.5. The molecule has 108 valence electrons. The molecule has 1 saturated carbocycles. The molecule has 1 aromatic carbocycles.